The Morgan fingerprint density at radius 1 is 1.20 bits per heavy atom. The molecule has 2 rings (SSSR count). The normalized spacial score (nSPS) is 12.4. The summed E-state index contributed by atoms with van der Waals surface area (Å²) in [5.41, 5.74) is 0.0547. The number of aliphatic hydroxyl groups excluding tert-OH is 1. The van der Waals surface area contributed by atoms with Crippen LogP contribution in [-0.2, 0) is 0 Å². The third-order valence-corrected chi connectivity index (χ3v) is 2.54. The molecule has 1 unspecified atom stereocenters. The van der Waals surface area contributed by atoms with E-state index in [9.17, 15) is 18.7 Å². The summed E-state index contributed by atoms with van der Waals surface area (Å²) in [4.78, 5) is 10.7. The SMILES string of the molecule is O=C(O)c1ccc(C(O)c2ccccc2OC(F)F)o1. The fraction of sp³-hybridized carbons (Fsp3) is 0.154. The number of hydrogen-bond donors (Lipinski definition) is 2. The van der Waals surface area contributed by atoms with E-state index >= 15 is 0 Å². The molecular weight excluding hydrogens is 274 g/mol. The monoisotopic (exact) mass is 284 g/mol. The quantitative estimate of drug-likeness (QED) is 0.882. The lowest BCUT2D eigenvalue weighted by atomic mass is 10.1. The molecule has 0 aliphatic carbocycles. The molecule has 1 aromatic carbocycles. The number of aliphatic hydroxyl groups is 1. The molecule has 0 fully saturated rings. The molecule has 2 aromatic rings. The topological polar surface area (TPSA) is 79.9 Å². The summed E-state index contributed by atoms with van der Waals surface area (Å²) in [6, 6.07) is 8.07. The fourth-order valence-corrected chi connectivity index (χ4v) is 1.68. The van der Waals surface area contributed by atoms with Gasteiger partial charge >= 0.3 is 12.6 Å². The van der Waals surface area contributed by atoms with E-state index in [1.165, 1.54) is 30.3 Å². The average molecular weight is 284 g/mol. The Hall–Kier alpha value is -2.41. The first kappa shape index (κ1) is 14.0. The van der Waals surface area contributed by atoms with Gasteiger partial charge in [-0.1, -0.05) is 18.2 Å². The van der Waals surface area contributed by atoms with Crippen molar-refractivity contribution in [3.63, 3.8) is 0 Å². The van der Waals surface area contributed by atoms with E-state index in [4.69, 9.17) is 9.52 Å². The molecule has 0 aliphatic rings. The minimum Gasteiger partial charge on any atom is -0.475 e. The fourth-order valence-electron chi connectivity index (χ4n) is 1.68. The Balaban J connectivity index is 2.32. The van der Waals surface area contributed by atoms with Crippen molar-refractivity contribution in [2.24, 2.45) is 0 Å². The van der Waals surface area contributed by atoms with Gasteiger partial charge in [0.25, 0.3) is 0 Å². The largest absolute Gasteiger partial charge is 0.475 e. The number of furan rings is 1. The second kappa shape index (κ2) is 5.70. The number of alkyl halides is 2. The first-order valence-electron chi connectivity index (χ1n) is 5.54. The van der Waals surface area contributed by atoms with E-state index in [0.717, 1.165) is 6.07 Å². The molecule has 1 atom stereocenters. The lowest BCUT2D eigenvalue weighted by Crippen LogP contribution is -2.07. The van der Waals surface area contributed by atoms with Crippen LogP contribution in [0, 0.1) is 0 Å². The first-order valence-corrected chi connectivity index (χ1v) is 5.54. The minimum atomic E-state index is -3.03. The van der Waals surface area contributed by atoms with E-state index in [0.29, 0.717) is 0 Å². The van der Waals surface area contributed by atoms with Crippen LogP contribution in [0.15, 0.2) is 40.8 Å². The maximum Gasteiger partial charge on any atom is 0.387 e. The number of aromatic carboxylic acids is 1. The maximum atomic E-state index is 12.3. The Labute approximate surface area is 112 Å². The lowest BCUT2D eigenvalue weighted by Gasteiger charge is -2.14. The number of carboxylic acid groups (broad SMARTS) is 1. The molecule has 0 saturated carbocycles. The predicted molar refractivity (Wildman–Crippen MR) is 62.8 cm³/mol. The number of halogens is 2. The van der Waals surface area contributed by atoms with Crippen molar-refractivity contribution in [2.75, 3.05) is 0 Å². The van der Waals surface area contributed by atoms with Crippen LogP contribution in [-0.4, -0.2) is 22.8 Å². The number of carboxylic acids is 1. The Kier molecular flexibility index (Phi) is 3.99. The molecule has 20 heavy (non-hydrogen) atoms. The summed E-state index contributed by atoms with van der Waals surface area (Å²) in [5, 5.41) is 18.8. The highest BCUT2D eigenvalue weighted by Crippen LogP contribution is 2.31. The zero-order valence-corrected chi connectivity index (χ0v) is 9.99. The third-order valence-electron chi connectivity index (χ3n) is 2.54. The van der Waals surface area contributed by atoms with E-state index in [-0.39, 0.29) is 22.8 Å². The molecular formula is C13H10F2O5. The highest BCUT2D eigenvalue weighted by molar-refractivity contribution is 5.84. The van der Waals surface area contributed by atoms with Gasteiger partial charge in [-0.3, -0.25) is 0 Å². The molecule has 0 radical (unpaired) electrons. The number of hydrogen-bond acceptors (Lipinski definition) is 4. The van der Waals surface area contributed by atoms with Crippen molar-refractivity contribution in [1.82, 2.24) is 0 Å². The smallest absolute Gasteiger partial charge is 0.387 e. The zero-order valence-electron chi connectivity index (χ0n) is 9.99. The van der Waals surface area contributed by atoms with Crippen molar-refractivity contribution in [2.45, 2.75) is 12.7 Å². The molecule has 0 amide bonds. The molecule has 0 aliphatic heterocycles. The number of carbonyl (C=O) groups is 1. The van der Waals surface area contributed by atoms with Crippen LogP contribution in [0.4, 0.5) is 8.78 Å². The van der Waals surface area contributed by atoms with E-state index in [2.05, 4.69) is 4.74 Å². The van der Waals surface area contributed by atoms with Crippen LogP contribution in [0.3, 0.4) is 0 Å². The molecule has 0 bridgehead atoms. The van der Waals surface area contributed by atoms with Gasteiger partial charge in [-0.2, -0.15) is 8.78 Å². The Morgan fingerprint density at radius 3 is 2.50 bits per heavy atom. The molecule has 7 heteroatoms. The van der Waals surface area contributed by atoms with Crippen molar-refractivity contribution >= 4 is 5.97 Å². The molecule has 2 N–H and O–H groups in total. The molecule has 0 spiro atoms. The summed E-state index contributed by atoms with van der Waals surface area (Å²) in [5.74, 6) is -1.93. The van der Waals surface area contributed by atoms with Crippen LogP contribution in [0.25, 0.3) is 0 Å². The number of ether oxygens (including phenoxy) is 1. The Morgan fingerprint density at radius 2 is 1.90 bits per heavy atom. The summed E-state index contributed by atoms with van der Waals surface area (Å²) < 4.78 is 33.8. The maximum absolute atomic E-state index is 12.3. The molecule has 0 saturated heterocycles. The summed E-state index contributed by atoms with van der Waals surface area (Å²) >= 11 is 0. The zero-order chi connectivity index (χ0) is 14.7. The summed E-state index contributed by atoms with van der Waals surface area (Å²) in [6.45, 7) is -3.03. The van der Waals surface area contributed by atoms with Crippen molar-refractivity contribution in [1.29, 1.82) is 0 Å². The van der Waals surface area contributed by atoms with Gasteiger partial charge in [-0.15, -0.1) is 0 Å². The van der Waals surface area contributed by atoms with Crippen LogP contribution in [0.1, 0.15) is 28.0 Å². The van der Waals surface area contributed by atoms with E-state index in [1.54, 1.807) is 0 Å². The lowest BCUT2D eigenvalue weighted by molar-refractivity contribution is -0.0514. The number of benzene rings is 1. The van der Waals surface area contributed by atoms with Gasteiger partial charge in [0.2, 0.25) is 5.76 Å². The van der Waals surface area contributed by atoms with Gasteiger partial charge in [0, 0.05) is 5.56 Å². The second-order valence-corrected chi connectivity index (χ2v) is 3.83. The van der Waals surface area contributed by atoms with Gasteiger partial charge in [-0.25, -0.2) is 4.79 Å². The molecule has 5 nitrogen and oxygen atoms in total. The first-order chi connectivity index (χ1) is 9.49. The molecule has 1 heterocycles. The minimum absolute atomic E-state index is 0.0547. The molecule has 1 aromatic heterocycles. The van der Waals surface area contributed by atoms with Gasteiger partial charge in [0.05, 0.1) is 0 Å². The van der Waals surface area contributed by atoms with Gasteiger partial charge < -0.3 is 19.4 Å². The highest BCUT2D eigenvalue weighted by Gasteiger charge is 2.21. The van der Waals surface area contributed by atoms with Crippen molar-refractivity contribution in [3.05, 3.63) is 53.5 Å². The highest BCUT2D eigenvalue weighted by atomic mass is 19.3. The van der Waals surface area contributed by atoms with Gasteiger partial charge in [0.15, 0.2) is 0 Å². The van der Waals surface area contributed by atoms with Crippen molar-refractivity contribution in [3.8, 4) is 5.75 Å². The molecule has 106 valence electrons. The van der Waals surface area contributed by atoms with Crippen molar-refractivity contribution < 1.29 is 32.9 Å². The van der Waals surface area contributed by atoms with Gasteiger partial charge in [0.1, 0.15) is 17.6 Å². The van der Waals surface area contributed by atoms with E-state index < -0.39 is 18.7 Å². The standard InChI is InChI=1S/C13H10F2O5/c14-13(15)20-8-4-2-1-3-7(8)11(16)9-5-6-10(19-9)12(17)18/h1-6,11,13,16H,(H,17,18). The number of para-hydroxylation sites is 1. The second-order valence-electron chi connectivity index (χ2n) is 3.83. The summed E-state index contributed by atoms with van der Waals surface area (Å²) in [7, 11) is 0. The van der Waals surface area contributed by atoms with Crippen LogP contribution < -0.4 is 4.74 Å². The van der Waals surface area contributed by atoms with E-state index in [1.807, 2.05) is 0 Å². The Bertz CT molecular complexity index is 608. The number of rotatable bonds is 5. The third kappa shape index (κ3) is 2.94. The van der Waals surface area contributed by atoms with Crippen LogP contribution >= 0.6 is 0 Å². The summed E-state index contributed by atoms with van der Waals surface area (Å²) in [6.07, 6.45) is -1.40. The predicted octanol–water partition coefficient (Wildman–Crippen LogP) is 2.66. The average Bonchev–Trinajstić information content (AvgIpc) is 2.87. The van der Waals surface area contributed by atoms with Crippen LogP contribution in [0.5, 0.6) is 5.75 Å². The van der Waals surface area contributed by atoms with Crippen LogP contribution in [0.2, 0.25) is 0 Å². The van der Waals surface area contributed by atoms with Gasteiger partial charge in [-0.05, 0) is 18.2 Å².